The second-order valence-corrected chi connectivity index (χ2v) is 6.36. The molecule has 1 N–H and O–H groups in total. The van der Waals surface area contributed by atoms with Gasteiger partial charge in [-0.15, -0.1) is 0 Å². The summed E-state index contributed by atoms with van der Waals surface area (Å²) in [6, 6.07) is 9.68. The van der Waals surface area contributed by atoms with Crippen LogP contribution in [-0.4, -0.2) is 16.9 Å². The molecular weight excluding hydrogens is 319 g/mol. The molecule has 0 radical (unpaired) electrons. The van der Waals surface area contributed by atoms with Crippen LogP contribution in [0, 0.1) is 23.1 Å². The lowest BCUT2D eigenvalue weighted by molar-refractivity contribution is -0.117. The first-order valence-corrected chi connectivity index (χ1v) is 8.14. The summed E-state index contributed by atoms with van der Waals surface area (Å²) in [6.45, 7) is 5.53. The summed E-state index contributed by atoms with van der Waals surface area (Å²) in [5.41, 5.74) is 1.92. The van der Waals surface area contributed by atoms with Crippen LogP contribution in [0.25, 0.3) is 0 Å². The van der Waals surface area contributed by atoms with Gasteiger partial charge in [-0.1, -0.05) is 6.92 Å². The van der Waals surface area contributed by atoms with Crippen molar-refractivity contribution in [2.45, 2.75) is 32.9 Å². The fourth-order valence-electron chi connectivity index (χ4n) is 3.38. The van der Waals surface area contributed by atoms with Crippen molar-refractivity contribution in [2.24, 2.45) is 5.92 Å². The Balaban J connectivity index is 2.03. The number of anilines is 2. The number of benzene rings is 1. The molecule has 0 saturated heterocycles. The highest BCUT2D eigenvalue weighted by Gasteiger charge is 2.38. The fourth-order valence-corrected chi connectivity index (χ4v) is 3.38. The molecule has 0 bridgehead atoms. The van der Waals surface area contributed by atoms with Crippen molar-refractivity contribution < 1.29 is 9.18 Å². The molecular formula is C19H19FN4O. The van der Waals surface area contributed by atoms with E-state index in [-0.39, 0.29) is 29.7 Å². The maximum atomic E-state index is 13.9. The zero-order valence-electron chi connectivity index (χ0n) is 14.3. The van der Waals surface area contributed by atoms with E-state index in [2.05, 4.69) is 10.3 Å². The molecule has 0 fully saturated rings. The molecule has 1 aromatic carbocycles. The second kappa shape index (κ2) is 6.52. The molecule has 128 valence electrons. The van der Waals surface area contributed by atoms with Crippen molar-refractivity contribution in [1.82, 2.24) is 4.98 Å². The quantitative estimate of drug-likeness (QED) is 0.908. The number of halogens is 1. The Morgan fingerprint density at radius 1 is 1.32 bits per heavy atom. The lowest BCUT2D eigenvalue weighted by Crippen LogP contribution is -2.48. The number of nitrogens with zero attached hydrogens (tertiary/aromatic N) is 3. The predicted octanol–water partition coefficient (Wildman–Crippen LogP) is 3.64. The van der Waals surface area contributed by atoms with Gasteiger partial charge in [0.2, 0.25) is 5.91 Å². The Morgan fingerprint density at radius 2 is 2.08 bits per heavy atom. The Kier molecular flexibility index (Phi) is 4.41. The van der Waals surface area contributed by atoms with Gasteiger partial charge in [0.1, 0.15) is 17.7 Å². The summed E-state index contributed by atoms with van der Waals surface area (Å²) in [5, 5.41) is 12.2. The molecule has 3 rings (SSSR count). The molecule has 1 aromatic heterocycles. The fraction of sp³-hybridized carbons (Fsp3) is 0.316. The Hall–Kier alpha value is -2.94. The van der Waals surface area contributed by atoms with E-state index in [1.54, 1.807) is 23.1 Å². The van der Waals surface area contributed by atoms with Crippen LogP contribution in [0.15, 0.2) is 36.5 Å². The van der Waals surface area contributed by atoms with Crippen LogP contribution in [0.3, 0.4) is 0 Å². The highest BCUT2D eigenvalue weighted by Crippen LogP contribution is 2.42. The zero-order chi connectivity index (χ0) is 18.1. The first-order chi connectivity index (χ1) is 11.9. The summed E-state index contributed by atoms with van der Waals surface area (Å²) >= 11 is 0. The number of fused-ring (bicyclic) bond motifs is 1. The van der Waals surface area contributed by atoms with E-state index in [4.69, 9.17) is 5.26 Å². The van der Waals surface area contributed by atoms with Crippen molar-refractivity contribution in [3.8, 4) is 6.07 Å². The molecule has 1 amide bonds. The molecule has 6 heteroatoms. The van der Waals surface area contributed by atoms with Crippen LogP contribution < -0.4 is 10.2 Å². The van der Waals surface area contributed by atoms with Crippen molar-refractivity contribution >= 4 is 17.4 Å². The van der Waals surface area contributed by atoms with Crippen LogP contribution in [-0.2, 0) is 4.79 Å². The van der Waals surface area contributed by atoms with Gasteiger partial charge in [-0.3, -0.25) is 4.79 Å². The summed E-state index contributed by atoms with van der Waals surface area (Å²) in [6.07, 6.45) is 1.49. The molecule has 0 saturated carbocycles. The van der Waals surface area contributed by atoms with Crippen molar-refractivity contribution in [2.75, 3.05) is 10.2 Å². The minimum atomic E-state index is -0.344. The maximum Gasteiger partial charge on any atom is 0.224 e. The number of nitrogens with one attached hydrogen (secondary N) is 1. The minimum absolute atomic E-state index is 0.0376. The zero-order valence-corrected chi connectivity index (χ0v) is 14.3. The number of pyridine rings is 1. The summed E-state index contributed by atoms with van der Waals surface area (Å²) < 4.78 is 13.9. The number of rotatable bonds is 2. The van der Waals surface area contributed by atoms with E-state index in [0.29, 0.717) is 17.1 Å². The second-order valence-electron chi connectivity index (χ2n) is 6.36. The topological polar surface area (TPSA) is 69.0 Å². The number of carbonyl (C=O) groups excluding carboxylic acids is 1. The first-order valence-electron chi connectivity index (χ1n) is 8.14. The highest BCUT2D eigenvalue weighted by molar-refractivity contribution is 5.94. The standard InChI is InChI=1S/C19H19FN4O/c1-11-12(2)24(13(3)25)17-6-5-15(20)8-16(17)19(11)23-18-7-4-14(9-21)10-22-18/h4-8,10-12,19H,1-3H3,(H,22,23)/t11?,12-,19+/m0/s1. The average molecular weight is 338 g/mol. The van der Waals surface area contributed by atoms with E-state index in [9.17, 15) is 9.18 Å². The van der Waals surface area contributed by atoms with Gasteiger partial charge in [0.25, 0.3) is 0 Å². The summed E-state index contributed by atoms with van der Waals surface area (Å²) in [7, 11) is 0. The SMILES string of the molecule is CC(=O)N1c2ccc(F)cc2[C@H](Nc2ccc(C#N)cn2)C(C)[C@@H]1C. The van der Waals surface area contributed by atoms with E-state index in [1.807, 2.05) is 19.9 Å². The van der Waals surface area contributed by atoms with Gasteiger partial charge in [0.15, 0.2) is 0 Å². The number of carbonyl (C=O) groups is 1. The lowest BCUT2D eigenvalue weighted by Gasteiger charge is -2.44. The number of aromatic nitrogens is 1. The van der Waals surface area contributed by atoms with Gasteiger partial charge in [-0.25, -0.2) is 9.37 Å². The molecule has 1 aliphatic heterocycles. The summed E-state index contributed by atoms with van der Waals surface area (Å²) in [5.74, 6) is 0.232. The molecule has 3 atom stereocenters. The van der Waals surface area contributed by atoms with Crippen LogP contribution in [0.4, 0.5) is 15.9 Å². The monoisotopic (exact) mass is 338 g/mol. The molecule has 2 heterocycles. The number of nitriles is 1. The number of hydrogen-bond donors (Lipinski definition) is 1. The molecule has 0 spiro atoms. The molecule has 2 aromatic rings. The summed E-state index contributed by atoms with van der Waals surface area (Å²) in [4.78, 5) is 18.1. The van der Waals surface area contributed by atoms with Crippen LogP contribution in [0.5, 0.6) is 0 Å². The van der Waals surface area contributed by atoms with Gasteiger partial charge in [0, 0.05) is 36.3 Å². The van der Waals surface area contributed by atoms with Crippen LogP contribution >= 0.6 is 0 Å². The molecule has 1 unspecified atom stereocenters. The van der Waals surface area contributed by atoms with Crippen molar-refractivity contribution in [1.29, 1.82) is 5.26 Å². The van der Waals surface area contributed by atoms with Gasteiger partial charge in [-0.05, 0) is 37.3 Å². The van der Waals surface area contributed by atoms with Crippen LogP contribution in [0.1, 0.15) is 37.9 Å². The normalized spacial score (nSPS) is 22.0. The Labute approximate surface area is 146 Å². The number of amides is 1. The third kappa shape index (κ3) is 3.05. The Morgan fingerprint density at radius 3 is 2.68 bits per heavy atom. The van der Waals surface area contributed by atoms with Gasteiger partial charge in [0.05, 0.1) is 11.6 Å². The predicted molar refractivity (Wildman–Crippen MR) is 93.5 cm³/mol. The highest BCUT2D eigenvalue weighted by atomic mass is 19.1. The van der Waals surface area contributed by atoms with Gasteiger partial charge in [-0.2, -0.15) is 5.26 Å². The molecule has 5 nitrogen and oxygen atoms in total. The largest absolute Gasteiger partial charge is 0.363 e. The lowest BCUT2D eigenvalue weighted by atomic mass is 9.82. The third-order valence-electron chi connectivity index (χ3n) is 4.81. The van der Waals surface area contributed by atoms with E-state index in [1.165, 1.54) is 25.3 Å². The minimum Gasteiger partial charge on any atom is -0.363 e. The van der Waals surface area contributed by atoms with Crippen LogP contribution in [0.2, 0.25) is 0 Å². The third-order valence-corrected chi connectivity index (χ3v) is 4.81. The van der Waals surface area contributed by atoms with E-state index < -0.39 is 0 Å². The van der Waals surface area contributed by atoms with Crippen molar-refractivity contribution in [3.63, 3.8) is 0 Å². The van der Waals surface area contributed by atoms with E-state index >= 15 is 0 Å². The smallest absolute Gasteiger partial charge is 0.224 e. The first kappa shape index (κ1) is 16.9. The molecule has 1 aliphatic rings. The van der Waals surface area contributed by atoms with Crippen molar-refractivity contribution in [3.05, 3.63) is 53.5 Å². The Bertz CT molecular complexity index is 843. The maximum absolute atomic E-state index is 13.9. The van der Waals surface area contributed by atoms with E-state index in [0.717, 1.165) is 5.56 Å². The molecule has 25 heavy (non-hydrogen) atoms. The average Bonchev–Trinajstić information content (AvgIpc) is 2.60. The number of hydrogen-bond acceptors (Lipinski definition) is 4. The van der Waals surface area contributed by atoms with Gasteiger partial charge >= 0.3 is 0 Å². The van der Waals surface area contributed by atoms with Gasteiger partial charge < -0.3 is 10.2 Å². The molecule has 0 aliphatic carbocycles.